The molecule has 4 aliphatic rings. The number of aliphatic carboxylic acids is 1. The third-order valence-electron chi connectivity index (χ3n) is 6.04. The molecule has 4 heterocycles. The molecule has 10 heteroatoms. The van der Waals surface area contributed by atoms with Crippen LogP contribution in [0, 0.1) is 0 Å². The van der Waals surface area contributed by atoms with Crippen molar-refractivity contribution < 1.29 is 32.6 Å². The predicted octanol–water partition coefficient (Wildman–Crippen LogP) is 2.86. The van der Waals surface area contributed by atoms with E-state index in [-0.39, 0.29) is 18.6 Å². The lowest BCUT2D eigenvalue weighted by Gasteiger charge is -2.22. The van der Waals surface area contributed by atoms with Gasteiger partial charge in [-0.15, -0.1) is 0 Å². The summed E-state index contributed by atoms with van der Waals surface area (Å²) in [6.07, 6.45) is 3.69. The Balaban J connectivity index is 1.61. The van der Waals surface area contributed by atoms with Crippen LogP contribution in [0.2, 0.25) is 0 Å². The molecule has 0 radical (unpaired) electrons. The van der Waals surface area contributed by atoms with Crippen molar-refractivity contribution in [3.05, 3.63) is 108 Å². The number of hydrogen-bond acceptors (Lipinski definition) is 6. The molecule has 0 saturated carbocycles. The van der Waals surface area contributed by atoms with E-state index in [4.69, 9.17) is 9.47 Å². The number of amides is 1. The average Bonchev–Trinajstić information content (AvgIpc) is 2.91. The smallest absolute Gasteiger partial charge is 0.326 e. The first-order chi connectivity index (χ1) is 18.8. The molecule has 3 aromatic carbocycles. The van der Waals surface area contributed by atoms with Gasteiger partial charge in [-0.1, -0.05) is 54.6 Å². The monoisotopic (exact) mass is 550 g/mol. The van der Waals surface area contributed by atoms with Gasteiger partial charge < -0.3 is 19.9 Å². The van der Waals surface area contributed by atoms with Crippen LogP contribution in [0.1, 0.15) is 16.7 Å². The molecule has 4 bridgehead atoms. The van der Waals surface area contributed by atoms with Gasteiger partial charge in [0, 0.05) is 6.42 Å². The number of carboxylic acids is 1. The van der Waals surface area contributed by atoms with Crippen molar-refractivity contribution in [1.82, 2.24) is 10.0 Å². The van der Waals surface area contributed by atoms with Crippen molar-refractivity contribution >= 4 is 21.9 Å². The Labute approximate surface area is 227 Å². The van der Waals surface area contributed by atoms with E-state index >= 15 is 0 Å². The first-order valence-corrected chi connectivity index (χ1v) is 14.1. The number of hydrogen-bond donors (Lipinski definition) is 3. The Morgan fingerprint density at radius 1 is 0.846 bits per heavy atom. The summed E-state index contributed by atoms with van der Waals surface area (Å²) in [7, 11) is -3.94. The molecule has 0 fully saturated rings. The molecule has 3 aromatic rings. The maximum atomic E-state index is 13.3. The number of rotatable bonds is 5. The van der Waals surface area contributed by atoms with Gasteiger partial charge in [-0.2, -0.15) is 0 Å². The first-order valence-electron chi connectivity index (χ1n) is 12.4. The molecule has 7 rings (SSSR count). The third-order valence-corrected chi connectivity index (χ3v) is 7.39. The van der Waals surface area contributed by atoms with E-state index in [1.807, 2.05) is 12.2 Å². The largest absolute Gasteiger partial charge is 0.490 e. The first kappa shape index (κ1) is 27.9. The number of carbonyl (C=O) groups is 2. The summed E-state index contributed by atoms with van der Waals surface area (Å²) in [6, 6.07) is 19.9. The van der Waals surface area contributed by atoms with E-state index < -0.39 is 34.0 Å². The zero-order valence-electron chi connectivity index (χ0n) is 21.2. The van der Waals surface area contributed by atoms with E-state index in [1.165, 1.54) is 0 Å². The quantitative estimate of drug-likeness (QED) is 0.417. The molecule has 3 N–H and O–H groups in total. The summed E-state index contributed by atoms with van der Waals surface area (Å²) < 4.78 is 39.9. The molecule has 0 aliphatic carbocycles. The maximum absolute atomic E-state index is 13.3. The Kier molecular flexibility index (Phi) is 9.35. The Bertz CT molecular complexity index is 1390. The third kappa shape index (κ3) is 8.69. The zero-order valence-corrected chi connectivity index (χ0v) is 22.0. The van der Waals surface area contributed by atoms with Crippen molar-refractivity contribution in [2.45, 2.75) is 30.7 Å². The van der Waals surface area contributed by atoms with E-state index in [0.29, 0.717) is 41.4 Å². The van der Waals surface area contributed by atoms with Crippen LogP contribution < -0.4 is 19.5 Å². The van der Waals surface area contributed by atoms with E-state index in [1.54, 1.807) is 78.9 Å². The van der Waals surface area contributed by atoms with Gasteiger partial charge in [0.05, 0.1) is 5.75 Å². The number of ether oxygens (including phenoxy) is 2. The summed E-state index contributed by atoms with van der Waals surface area (Å²) in [5, 5.41) is 12.3. The minimum atomic E-state index is -3.94. The molecule has 0 spiro atoms. The van der Waals surface area contributed by atoms with Crippen LogP contribution in [0.3, 0.4) is 0 Å². The van der Waals surface area contributed by atoms with Crippen LogP contribution in [-0.4, -0.2) is 50.7 Å². The molecule has 39 heavy (non-hydrogen) atoms. The highest BCUT2D eigenvalue weighted by Gasteiger charge is 2.29. The molecule has 9 nitrogen and oxygen atoms in total. The molecule has 1 amide bonds. The fourth-order valence-corrected chi connectivity index (χ4v) is 5.39. The lowest BCUT2D eigenvalue weighted by Crippen LogP contribution is -2.53. The number of carboxylic acid groups (broad SMARTS) is 1. The van der Waals surface area contributed by atoms with Crippen molar-refractivity contribution in [3.8, 4) is 11.5 Å². The highest BCUT2D eigenvalue weighted by atomic mass is 32.2. The Morgan fingerprint density at radius 2 is 1.38 bits per heavy atom. The van der Waals surface area contributed by atoms with Crippen LogP contribution in [0.4, 0.5) is 0 Å². The number of nitrogens with one attached hydrogen (secondary N) is 2. The van der Waals surface area contributed by atoms with Crippen molar-refractivity contribution in [2.75, 3.05) is 13.2 Å². The summed E-state index contributed by atoms with van der Waals surface area (Å²) in [5.74, 6) is -1.08. The summed E-state index contributed by atoms with van der Waals surface area (Å²) in [6.45, 7) is 0.680. The molecule has 0 saturated heterocycles. The van der Waals surface area contributed by atoms with Crippen LogP contribution in [0.25, 0.3) is 0 Å². The second kappa shape index (κ2) is 13.1. The van der Waals surface area contributed by atoms with Gasteiger partial charge in [0.2, 0.25) is 15.9 Å². The molecule has 0 aromatic heterocycles. The second-order valence-electron chi connectivity index (χ2n) is 9.10. The average molecular weight is 551 g/mol. The lowest BCUT2D eigenvalue weighted by atomic mass is 10.0. The van der Waals surface area contributed by atoms with Gasteiger partial charge >= 0.3 is 5.97 Å². The fourth-order valence-electron chi connectivity index (χ4n) is 4.05. The van der Waals surface area contributed by atoms with E-state index in [0.717, 1.165) is 0 Å². The van der Waals surface area contributed by atoms with Gasteiger partial charge in [-0.25, -0.2) is 17.9 Å². The maximum Gasteiger partial charge on any atom is 0.326 e. The topological polar surface area (TPSA) is 131 Å². The summed E-state index contributed by atoms with van der Waals surface area (Å²) in [4.78, 5) is 25.4. The number of benzene rings is 3. The molecule has 2 unspecified atom stereocenters. The molecule has 2 atom stereocenters. The Morgan fingerprint density at radius 3 is 1.92 bits per heavy atom. The molecule has 204 valence electrons. The highest BCUT2D eigenvalue weighted by Crippen LogP contribution is 2.17. The highest BCUT2D eigenvalue weighted by molar-refractivity contribution is 7.88. The van der Waals surface area contributed by atoms with Crippen LogP contribution in [-0.2, 0) is 38.2 Å². The predicted molar refractivity (Wildman–Crippen MR) is 146 cm³/mol. The van der Waals surface area contributed by atoms with Gasteiger partial charge in [0.15, 0.2) is 0 Å². The summed E-state index contributed by atoms with van der Waals surface area (Å²) in [5.41, 5.74) is 1.90. The molecular weight excluding hydrogens is 520 g/mol. The second-order valence-corrected chi connectivity index (χ2v) is 10.9. The van der Waals surface area contributed by atoms with Gasteiger partial charge in [-0.05, 0) is 59.5 Å². The standard InChI is InChI=1S/C29H30N2O7S/c32-28-26(31-39(35,36)20-23-6-2-1-3-7-23)18-21-8-12-24(13-9-21)37-16-4-5-17-38-25-14-10-22(11-15-25)19-27(30-28)29(33)34/h1-15,26-27,31H,16-20H2,(H,30,32)(H,33,34). The lowest BCUT2D eigenvalue weighted by molar-refractivity contribution is -0.142. The minimum Gasteiger partial charge on any atom is -0.490 e. The minimum absolute atomic E-state index is 0.0107. The van der Waals surface area contributed by atoms with Gasteiger partial charge in [0.1, 0.15) is 36.8 Å². The normalized spacial score (nSPS) is 18.5. The molecular formula is C29H30N2O7S. The van der Waals surface area contributed by atoms with Crippen molar-refractivity contribution in [1.29, 1.82) is 0 Å². The summed E-state index contributed by atoms with van der Waals surface area (Å²) >= 11 is 0. The van der Waals surface area contributed by atoms with E-state index in [2.05, 4.69) is 10.0 Å². The van der Waals surface area contributed by atoms with Crippen LogP contribution in [0.5, 0.6) is 11.5 Å². The fraction of sp³-hybridized carbons (Fsp3) is 0.241. The van der Waals surface area contributed by atoms with Crippen LogP contribution >= 0.6 is 0 Å². The SMILES string of the molecule is O=C(O)C1Cc2ccc(cc2)OCC=CCOc2ccc(cc2)CC(NS(=O)(=O)Cc2ccccc2)C(=O)N1. The molecule has 4 aliphatic heterocycles. The number of sulfonamides is 1. The zero-order chi connectivity index (χ0) is 27.7. The number of carbonyl (C=O) groups excluding carboxylic acids is 1. The van der Waals surface area contributed by atoms with Crippen molar-refractivity contribution in [3.63, 3.8) is 0 Å². The van der Waals surface area contributed by atoms with Gasteiger partial charge in [-0.3, -0.25) is 4.79 Å². The van der Waals surface area contributed by atoms with Crippen molar-refractivity contribution in [2.24, 2.45) is 0 Å². The Hall–Kier alpha value is -4.15. The van der Waals surface area contributed by atoms with Gasteiger partial charge in [0.25, 0.3) is 0 Å². The van der Waals surface area contributed by atoms with E-state index in [9.17, 15) is 23.1 Å². The van der Waals surface area contributed by atoms with Crippen LogP contribution in [0.15, 0.2) is 91.0 Å².